The molecule has 0 unspecified atom stereocenters. The molecule has 104 valence electrons. The molecular weight excluding hydrogens is 253 g/mol. The van der Waals surface area contributed by atoms with E-state index in [1.165, 1.54) is 0 Å². The van der Waals surface area contributed by atoms with Crippen molar-refractivity contribution in [1.29, 1.82) is 0 Å². The summed E-state index contributed by atoms with van der Waals surface area (Å²) < 4.78 is 5.51. The van der Waals surface area contributed by atoms with E-state index in [9.17, 15) is 14.7 Å². The minimum atomic E-state index is -1.32. The molecule has 1 aromatic rings. The number of unbranched alkanes of at least 4 members (excludes halogenated alkanes) is 2. The quantitative estimate of drug-likeness (QED) is 0.427. The van der Waals surface area contributed by atoms with Gasteiger partial charge in [-0.3, -0.25) is 4.79 Å². The van der Waals surface area contributed by atoms with Crippen LogP contribution in [0.15, 0.2) is 24.3 Å². The molecule has 0 aliphatic rings. The van der Waals surface area contributed by atoms with Crippen molar-refractivity contribution in [3.05, 3.63) is 29.8 Å². The van der Waals surface area contributed by atoms with Gasteiger partial charge >= 0.3 is 18.9 Å². The number of aliphatic carboxylic acids is 1. The molecule has 0 heterocycles. The van der Waals surface area contributed by atoms with E-state index in [1.807, 2.05) is 0 Å². The SMILES string of the molecule is CCCCCOc1ccc(C(=O)NCC(=O)[O-])cc1.[Li+]. The summed E-state index contributed by atoms with van der Waals surface area (Å²) in [7, 11) is 0. The Balaban J connectivity index is 0.00000361. The first-order chi connectivity index (χ1) is 9.13. The van der Waals surface area contributed by atoms with E-state index < -0.39 is 18.4 Å². The number of amides is 1. The van der Waals surface area contributed by atoms with Crippen LogP contribution in [0.2, 0.25) is 0 Å². The zero-order valence-corrected chi connectivity index (χ0v) is 12.0. The van der Waals surface area contributed by atoms with Crippen LogP contribution in [-0.4, -0.2) is 25.0 Å². The number of nitrogens with one attached hydrogen (secondary N) is 1. The Morgan fingerprint density at radius 3 is 2.40 bits per heavy atom. The Labute approximate surface area is 130 Å². The molecule has 0 fully saturated rings. The molecule has 0 bridgehead atoms. The molecule has 0 spiro atoms. The number of carboxylic acids is 1. The van der Waals surface area contributed by atoms with E-state index in [4.69, 9.17) is 4.74 Å². The molecule has 0 saturated heterocycles. The summed E-state index contributed by atoms with van der Waals surface area (Å²) in [6.07, 6.45) is 3.27. The van der Waals surface area contributed by atoms with Gasteiger partial charge in [-0.05, 0) is 30.7 Å². The van der Waals surface area contributed by atoms with Gasteiger partial charge in [-0.1, -0.05) is 19.8 Å². The smallest absolute Gasteiger partial charge is 0.548 e. The molecule has 5 nitrogen and oxygen atoms in total. The van der Waals surface area contributed by atoms with Crippen LogP contribution in [0.4, 0.5) is 0 Å². The summed E-state index contributed by atoms with van der Waals surface area (Å²) >= 11 is 0. The van der Waals surface area contributed by atoms with E-state index in [0.29, 0.717) is 17.9 Å². The van der Waals surface area contributed by atoms with Crippen LogP contribution in [0, 0.1) is 0 Å². The van der Waals surface area contributed by atoms with Crippen molar-refractivity contribution in [3.63, 3.8) is 0 Å². The van der Waals surface area contributed by atoms with Gasteiger partial charge in [-0.2, -0.15) is 0 Å². The van der Waals surface area contributed by atoms with Gasteiger partial charge in [0.15, 0.2) is 0 Å². The van der Waals surface area contributed by atoms with E-state index in [2.05, 4.69) is 12.2 Å². The average molecular weight is 271 g/mol. The molecular formula is C14H18LiNO4. The van der Waals surface area contributed by atoms with Crippen molar-refractivity contribution in [2.45, 2.75) is 26.2 Å². The summed E-state index contributed by atoms with van der Waals surface area (Å²) in [5.74, 6) is -1.06. The minimum absolute atomic E-state index is 0. The third kappa shape index (κ3) is 7.22. The molecule has 1 amide bonds. The number of ether oxygens (including phenoxy) is 1. The second-order valence-electron chi connectivity index (χ2n) is 4.13. The van der Waals surface area contributed by atoms with Gasteiger partial charge in [0.05, 0.1) is 19.1 Å². The summed E-state index contributed by atoms with van der Waals surface area (Å²) in [6.45, 7) is 2.29. The normalized spacial score (nSPS) is 9.45. The van der Waals surface area contributed by atoms with Gasteiger partial charge in [0, 0.05) is 5.56 Å². The number of rotatable bonds is 8. The first-order valence-corrected chi connectivity index (χ1v) is 6.34. The van der Waals surface area contributed by atoms with Crippen molar-refractivity contribution in [2.24, 2.45) is 0 Å². The predicted molar refractivity (Wildman–Crippen MR) is 68.8 cm³/mol. The molecule has 0 aliphatic carbocycles. The third-order valence-corrected chi connectivity index (χ3v) is 2.53. The molecule has 0 saturated carbocycles. The Bertz CT molecular complexity index is 420. The Morgan fingerprint density at radius 1 is 1.20 bits per heavy atom. The fourth-order valence-corrected chi connectivity index (χ4v) is 1.50. The van der Waals surface area contributed by atoms with Crippen molar-refractivity contribution >= 4 is 11.9 Å². The molecule has 1 rings (SSSR count). The van der Waals surface area contributed by atoms with Gasteiger partial charge in [0.25, 0.3) is 5.91 Å². The molecule has 20 heavy (non-hydrogen) atoms. The summed E-state index contributed by atoms with van der Waals surface area (Å²) in [4.78, 5) is 21.7. The van der Waals surface area contributed by atoms with E-state index in [0.717, 1.165) is 19.3 Å². The topological polar surface area (TPSA) is 78.5 Å². The van der Waals surface area contributed by atoms with Crippen LogP contribution in [0.25, 0.3) is 0 Å². The number of hydrogen-bond acceptors (Lipinski definition) is 4. The fourth-order valence-electron chi connectivity index (χ4n) is 1.50. The van der Waals surface area contributed by atoms with Crippen molar-refractivity contribution in [1.82, 2.24) is 5.32 Å². The number of carbonyl (C=O) groups excluding carboxylic acids is 2. The van der Waals surface area contributed by atoms with Crippen LogP contribution < -0.4 is 34.0 Å². The first kappa shape index (κ1) is 18.6. The molecule has 0 atom stereocenters. The maximum Gasteiger partial charge on any atom is 1.00 e. The number of carboxylic acid groups (broad SMARTS) is 1. The maximum atomic E-state index is 11.5. The van der Waals surface area contributed by atoms with Crippen molar-refractivity contribution in [2.75, 3.05) is 13.2 Å². The van der Waals surface area contributed by atoms with Gasteiger partial charge < -0.3 is 20.0 Å². The Hall–Kier alpha value is -1.44. The molecule has 1 N–H and O–H groups in total. The largest absolute Gasteiger partial charge is 1.00 e. The molecule has 0 aliphatic heterocycles. The standard InChI is InChI=1S/C14H19NO4.Li/c1-2-3-4-9-19-12-7-5-11(6-8-12)14(18)15-10-13(16)17;/h5-8H,2-4,9-10H2,1H3,(H,15,18)(H,16,17);/q;+1/p-1. The summed E-state index contributed by atoms with van der Waals surface area (Å²) in [6, 6.07) is 6.58. The van der Waals surface area contributed by atoms with Crippen LogP contribution in [-0.2, 0) is 4.79 Å². The summed E-state index contributed by atoms with van der Waals surface area (Å²) in [5, 5.41) is 12.5. The van der Waals surface area contributed by atoms with Crippen molar-refractivity contribution < 1.29 is 38.3 Å². The number of hydrogen-bond donors (Lipinski definition) is 1. The molecule has 0 aromatic heterocycles. The fraction of sp³-hybridized carbons (Fsp3) is 0.429. The maximum absolute atomic E-state index is 11.5. The first-order valence-electron chi connectivity index (χ1n) is 6.34. The number of carbonyl (C=O) groups is 2. The molecule has 0 radical (unpaired) electrons. The molecule has 1 aromatic carbocycles. The summed E-state index contributed by atoms with van der Waals surface area (Å²) in [5.41, 5.74) is 0.391. The van der Waals surface area contributed by atoms with E-state index >= 15 is 0 Å². The zero-order valence-electron chi connectivity index (χ0n) is 12.0. The van der Waals surface area contributed by atoms with Gasteiger partial charge in [0.1, 0.15) is 5.75 Å². The second kappa shape index (κ2) is 10.4. The van der Waals surface area contributed by atoms with Crippen LogP contribution in [0.3, 0.4) is 0 Å². The predicted octanol–water partition coefficient (Wildman–Crippen LogP) is -2.26. The average Bonchev–Trinajstić information content (AvgIpc) is 2.41. The number of benzene rings is 1. The van der Waals surface area contributed by atoms with Crippen LogP contribution in [0.1, 0.15) is 36.5 Å². The van der Waals surface area contributed by atoms with Gasteiger partial charge in [-0.15, -0.1) is 0 Å². The van der Waals surface area contributed by atoms with Crippen LogP contribution in [0.5, 0.6) is 5.75 Å². The second-order valence-corrected chi connectivity index (χ2v) is 4.13. The molecule has 6 heteroatoms. The van der Waals surface area contributed by atoms with Gasteiger partial charge in [0.2, 0.25) is 0 Å². The Kier molecular flexibility index (Phi) is 9.61. The van der Waals surface area contributed by atoms with Crippen LogP contribution >= 0.6 is 0 Å². The van der Waals surface area contributed by atoms with E-state index in [1.54, 1.807) is 24.3 Å². The van der Waals surface area contributed by atoms with Gasteiger partial charge in [-0.25, -0.2) is 0 Å². The Morgan fingerprint density at radius 2 is 1.85 bits per heavy atom. The zero-order chi connectivity index (χ0) is 14.1. The third-order valence-electron chi connectivity index (χ3n) is 2.53. The van der Waals surface area contributed by atoms with Crippen molar-refractivity contribution in [3.8, 4) is 5.75 Å². The minimum Gasteiger partial charge on any atom is -0.548 e. The monoisotopic (exact) mass is 271 g/mol. The van der Waals surface area contributed by atoms with E-state index in [-0.39, 0.29) is 18.9 Å².